The number of aromatic nitrogens is 2. The van der Waals surface area contributed by atoms with Crippen LogP contribution in [-0.2, 0) is 0 Å². The number of thiazole rings is 1. The van der Waals surface area contributed by atoms with E-state index in [4.69, 9.17) is 9.47 Å². The second-order valence-corrected chi connectivity index (χ2v) is 5.65. The lowest BCUT2D eigenvalue weighted by Crippen LogP contribution is -2.19. The van der Waals surface area contributed by atoms with Gasteiger partial charge in [-0.1, -0.05) is 0 Å². The summed E-state index contributed by atoms with van der Waals surface area (Å²) in [4.78, 5) is 17.6. The normalized spacial score (nSPS) is 12.5. The third-order valence-electron chi connectivity index (χ3n) is 3.50. The van der Waals surface area contributed by atoms with E-state index in [0.717, 1.165) is 5.69 Å². The second-order valence-electron chi connectivity index (χ2n) is 4.82. The Morgan fingerprint density at radius 2 is 2.18 bits per heavy atom. The van der Waals surface area contributed by atoms with Crippen molar-refractivity contribution in [3.63, 3.8) is 0 Å². The minimum absolute atomic E-state index is 0.0258. The number of nitrogens with zero attached hydrogens (tertiary/aromatic N) is 3. The smallest absolute Gasteiger partial charge is 0.277 e. The number of hydrogen-bond acceptors (Lipinski definition) is 6. The second kappa shape index (κ2) is 4.58. The van der Waals surface area contributed by atoms with Crippen molar-refractivity contribution in [2.24, 2.45) is 0 Å². The van der Waals surface area contributed by atoms with Crippen LogP contribution in [0, 0.1) is 18.3 Å². The number of hydrogen-bond donors (Lipinski definition) is 0. The zero-order valence-corrected chi connectivity index (χ0v) is 12.3. The molecule has 7 heteroatoms. The van der Waals surface area contributed by atoms with E-state index in [2.05, 4.69) is 4.98 Å². The largest absolute Gasteiger partial charge is 0.454 e. The van der Waals surface area contributed by atoms with Gasteiger partial charge in [-0.2, -0.15) is 5.26 Å². The highest BCUT2D eigenvalue weighted by atomic mass is 32.1. The molecule has 1 aromatic carbocycles. The molecule has 1 aliphatic heterocycles. The molecule has 0 N–H and O–H groups in total. The van der Waals surface area contributed by atoms with Crippen molar-refractivity contribution < 1.29 is 9.47 Å². The number of nitriles is 1. The predicted molar refractivity (Wildman–Crippen MR) is 80.4 cm³/mol. The minimum atomic E-state index is -0.348. The summed E-state index contributed by atoms with van der Waals surface area (Å²) >= 11 is 1.37. The van der Waals surface area contributed by atoms with E-state index in [-0.39, 0.29) is 17.9 Å². The third-order valence-corrected chi connectivity index (χ3v) is 4.44. The summed E-state index contributed by atoms with van der Waals surface area (Å²) in [7, 11) is 0. The molecule has 0 radical (unpaired) electrons. The Labute approximate surface area is 128 Å². The predicted octanol–water partition coefficient (Wildman–Crippen LogP) is 2.33. The molecule has 0 bridgehead atoms. The van der Waals surface area contributed by atoms with Gasteiger partial charge in [0.1, 0.15) is 11.6 Å². The Balaban J connectivity index is 2.03. The van der Waals surface area contributed by atoms with Gasteiger partial charge in [-0.05, 0) is 25.1 Å². The molecule has 6 nitrogen and oxygen atoms in total. The maximum atomic E-state index is 12.5. The average molecular weight is 311 g/mol. The first-order chi connectivity index (χ1) is 10.7. The number of ether oxygens (including phenoxy) is 2. The molecule has 0 fully saturated rings. The summed E-state index contributed by atoms with van der Waals surface area (Å²) in [5.74, 6) is 1.23. The van der Waals surface area contributed by atoms with E-state index in [1.165, 1.54) is 15.7 Å². The van der Waals surface area contributed by atoms with E-state index in [1.54, 1.807) is 18.2 Å². The molecule has 0 unspecified atom stereocenters. The molecule has 22 heavy (non-hydrogen) atoms. The average Bonchev–Trinajstić information content (AvgIpc) is 3.13. The van der Waals surface area contributed by atoms with Crippen LogP contribution in [0.3, 0.4) is 0 Å². The van der Waals surface area contributed by atoms with Gasteiger partial charge < -0.3 is 9.47 Å². The van der Waals surface area contributed by atoms with Crippen LogP contribution in [-0.4, -0.2) is 16.2 Å². The zero-order chi connectivity index (χ0) is 15.3. The lowest BCUT2D eigenvalue weighted by atomic mass is 10.1. The molecule has 108 valence electrons. The summed E-state index contributed by atoms with van der Waals surface area (Å²) in [6, 6.07) is 7.24. The standard InChI is InChI=1S/C15H9N3O3S/c1-8-6-22-15-17-13(10(5-16)14(19)18(8)15)9-2-3-11-12(4-9)21-7-20-11/h2-4,6H,7H2,1H3. The van der Waals surface area contributed by atoms with E-state index >= 15 is 0 Å². The Morgan fingerprint density at radius 3 is 3.00 bits per heavy atom. The summed E-state index contributed by atoms with van der Waals surface area (Å²) in [5, 5.41) is 11.2. The quantitative estimate of drug-likeness (QED) is 0.689. The molecule has 3 aromatic rings. The van der Waals surface area contributed by atoms with Crippen molar-refractivity contribution in [3.8, 4) is 28.8 Å². The lowest BCUT2D eigenvalue weighted by molar-refractivity contribution is 0.174. The van der Waals surface area contributed by atoms with Gasteiger partial charge in [-0.15, -0.1) is 11.3 Å². The van der Waals surface area contributed by atoms with Gasteiger partial charge in [0.15, 0.2) is 16.5 Å². The van der Waals surface area contributed by atoms with Crippen LogP contribution in [0.15, 0.2) is 28.4 Å². The van der Waals surface area contributed by atoms with Crippen LogP contribution in [0.1, 0.15) is 11.3 Å². The number of benzene rings is 1. The molecule has 0 amide bonds. The van der Waals surface area contributed by atoms with Crippen LogP contribution in [0.4, 0.5) is 0 Å². The van der Waals surface area contributed by atoms with Gasteiger partial charge in [-0.25, -0.2) is 4.98 Å². The topological polar surface area (TPSA) is 76.6 Å². The SMILES string of the molecule is Cc1csc2nc(-c3ccc4c(c3)OCO4)c(C#N)c(=O)n12. The van der Waals surface area contributed by atoms with Crippen molar-refractivity contribution in [2.75, 3.05) is 6.79 Å². The molecule has 0 atom stereocenters. The molecular formula is C15H9N3O3S. The molecule has 0 saturated heterocycles. The summed E-state index contributed by atoms with van der Waals surface area (Å²) < 4.78 is 12.1. The van der Waals surface area contributed by atoms with Gasteiger partial charge in [0.25, 0.3) is 5.56 Å². The monoisotopic (exact) mass is 311 g/mol. The Bertz CT molecular complexity index is 1010. The zero-order valence-electron chi connectivity index (χ0n) is 11.5. The molecule has 0 aliphatic carbocycles. The number of aryl methyl sites for hydroxylation is 1. The van der Waals surface area contributed by atoms with E-state index in [0.29, 0.717) is 27.7 Å². The van der Waals surface area contributed by atoms with Gasteiger partial charge in [0.2, 0.25) is 6.79 Å². The van der Waals surface area contributed by atoms with Crippen LogP contribution in [0.2, 0.25) is 0 Å². The first-order valence-corrected chi connectivity index (χ1v) is 7.38. The van der Waals surface area contributed by atoms with Crippen molar-refractivity contribution in [1.82, 2.24) is 9.38 Å². The van der Waals surface area contributed by atoms with Crippen molar-refractivity contribution in [2.45, 2.75) is 6.92 Å². The number of rotatable bonds is 1. The lowest BCUT2D eigenvalue weighted by Gasteiger charge is -2.05. The maximum absolute atomic E-state index is 12.5. The molecule has 0 spiro atoms. The fourth-order valence-corrected chi connectivity index (χ4v) is 3.29. The highest BCUT2D eigenvalue weighted by molar-refractivity contribution is 7.15. The van der Waals surface area contributed by atoms with Gasteiger partial charge in [-0.3, -0.25) is 9.20 Å². The summed E-state index contributed by atoms with van der Waals surface area (Å²) in [6.07, 6.45) is 0. The van der Waals surface area contributed by atoms with E-state index < -0.39 is 0 Å². The van der Waals surface area contributed by atoms with Crippen molar-refractivity contribution >= 4 is 16.3 Å². The highest BCUT2D eigenvalue weighted by Gasteiger charge is 2.19. The minimum Gasteiger partial charge on any atom is -0.454 e. The maximum Gasteiger partial charge on any atom is 0.277 e. The van der Waals surface area contributed by atoms with Crippen LogP contribution >= 0.6 is 11.3 Å². The third kappa shape index (κ3) is 1.71. The Hall–Kier alpha value is -2.85. The van der Waals surface area contributed by atoms with E-state index in [1.807, 2.05) is 18.4 Å². The van der Waals surface area contributed by atoms with Crippen LogP contribution in [0.5, 0.6) is 11.5 Å². The summed E-state index contributed by atoms with van der Waals surface area (Å²) in [6.45, 7) is 1.98. The van der Waals surface area contributed by atoms with Gasteiger partial charge in [0.05, 0.1) is 5.69 Å². The summed E-state index contributed by atoms with van der Waals surface area (Å²) in [5.41, 5.74) is 1.47. The number of fused-ring (bicyclic) bond motifs is 2. The Morgan fingerprint density at radius 1 is 1.36 bits per heavy atom. The fraction of sp³-hybridized carbons (Fsp3) is 0.133. The molecule has 1 aliphatic rings. The molecule has 4 rings (SSSR count). The van der Waals surface area contributed by atoms with Crippen molar-refractivity contribution in [1.29, 1.82) is 5.26 Å². The van der Waals surface area contributed by atoms with Crippen molar-refractivity contribution in [3.05, 3.63) is 45.2 Å². The molecule has 3 heterocycles. The fourth-order valence-electron chi connectivity index (χ4n) is 2.44. The van der Waals surface area contributed by atoms with Gasteiger partial charge >= 0.3 is 0 Å². The molecule has 2 aromatic heterocycles. The van der Waals surface area contributed by atoms with Crippen LogP contribution in [0.25, 0.3) is 16.2 Å². The first-order valence-electron chi connectivity index (χ1n) is 6.50. The molecular weight excluding hydrogens is 302 g/mol. The Kier molecular flexibility index (Phi) is 2.68. The van der Waals surface area contributed by atoms with Crippen LogP contribution < -0.4 is 15.0 Å². The first kappa shape index (κ1) is 12.9. The van der Waals surface area contributed by atoms with Gasteiger partial charge in [0, 0.05) is 16.6 Å². The van der Waals surface area contributed by atoms with E-state index in [9.17, 15) is 10.1 Å². The molecule has 0 saturated carbocycles. The highest BCUT2D eigenvalue weighted by Crippen LogP contribution is 2.36.